The third-order valence-corrected chi connectivity index (χ3v) is 14.4. The van der Waals surface area contributed by atoms with Gasteiger partial charge in [0.2, 0.25) is 0 Å². The van der Waals surface area contributed by atoms with Crippen LogP contribution < -0.4 is 9.64 Å². The fourth-order valence-corrected chi connectivity index (χ4v) is 9.96. The number of carboxylic acids is 1. The van der Waals surface area contributed by atoms with E-state index in [1.165, 1.54) is 0 Å². The lowest BCUT2D eigenvalue weighted by Crippen LogP contribution is -2.43. The number of hydrogen-bond acceptors (Lipinski definition) is 6. The van der Waals surface area contributed by atoms with Crippen LogP contribution >= 0.6 is 23.2 Å². The smallest absolute Gasteiger partial charge is 0.352 e. The highest BCUT2D eigenvalue weighted by Gasteiger charge is 2.38. The molecular weight excluding hydrogens is 830 g/mol. The summed E-state index contributed by atoms with van der Waals surface area (Å²) in [4.78, 5) is 29.9. The molecule has 6 aromatic rings. The van der Waals surface area contributed by atoms with Crippen molar-refractivity contribution in [2.45, 2.75) is 99.4 Å². The molecule has 0 spiro atoms. The molecule has 0 saturated carbocycles. The van der Waals surface area contributed by atoms with E-state index < -0.39 is 14.0 Å². The number of rotatable bonds is 16. The van der Waals surface area contributed by atoms with Gasteiger partial charge in [-0.1, -0.05) is 48.9 Å². The molecule has 324 valence electrons. The Morgan fingerprint density at radius 2 is 1.67 bits per heavy atom. The van der Waals surface area contributed by atoms with Gasteiger partial charge in [-0.25, -0.2) is 9.48 Å². The van der Waals surface area contributed by atoms with Crippen LogP contribution in [-0.2, 0) is 29.2 Å². The predicted molar refractivity (Wildman–Crippen MR) is 248 cm³/mol. The van der Waals surface area contributed by atoms with E-state index in [9.17, 15) is 9.90 Å². The van der Waals surface area contributed by atoms with E-state index >= 15 is 4.79 Å². The number of aromatic nitrogens is 4. The Balaban J connectivity index is 1.37. The molecule has 61 heavy (non-hydrogen) atoms. The number of carboxylic acid groups (broad SMARTS) is 1. The van der Waals surface area contributed by atoms with Gasteiger partial charge in [0.1, 0.15) is 23.9 Å². The van der Waals surface area contributed by atoms with E-state index in [1.807, 2.05) is 80.6 Å². The second-order valence-electron chi connectivity index (χ2n) is 17.7. The molecule has 0 aliphatic carbocycles. The fraction of sp³-hybridized carbons (Fsp3) is 0.426. The van der Waals surface area contributed by atoms with Gasteiger partial charge >= 0.3 is 5.97 Å². The summed E-state index contributed by atoms with van der Waals surface area (Å²) in [6.45, 7) is 21.5. The van der Waals surface area contributed by atoms with Crippen molar-refractivity contribution >= 4 is 70.6 Å². The molecule has 1 atom stereocenters. The van der Waals surface area contributed by atoms with Gasteiger partial charge in [-0.3, -0.25) is 4.79 Å². The molecular formula is C47H57Cl2N5O6Si. The highest BCUT2D eigenvalue weighted by Crippen LogP contribution is 2.46. The molecule has 1 amide bonds. The molecule has 4 heterocycles. The number of hydrogen-bond donors (Lipinski definition) is 1. The number of benzene rings is 3. The predicted octanol–water partition coefficient (Wildman–Crippen LogP) is 11.2. The van der Waals surface area contributed by atoms with Crippen LogP contribution in [0.3, 0.4) is 0 Å². The molecule has 1 unspecified atom stereocenters. The number of nitrogens with zero attached hydrogens (tertiary/aromatic N) is 5. The van der Waals surface area contributed by atoms with Crippen molar-refractivity contribution in [1.82, 2.24) is 18.9 Å². The van der Waals surface area contributed by atoms with E-state index in [0.29, 0.717) is 74.4 Å². The van der Waals surface area contributed by atoms with Crippen molar-refractivity contribution < 1.29 is 28.9 Å². The summed E-state index contributed by atoms with van der Waals surface area (Å²) >= 11 is 13.7. The number of carbonyl (C=O) groups excluding carboxylic acids is 1. The number of anilines is 1. The van der Waals surface area contributed by atoms with Gasteiger partial charge in [0, 0.05) is 73.5 Å². The van der Waals surface area contributed by atoms with Gasteiger partial charge in [0.25, 0.3) is 5.91 Å². The molecule has 11 nitrogen and oxygen atoms in total. The van der Waals surface area contributed by atoms with Crippen LogP contribution in [0.25, 0.3) is 32.9 Å². The average molecular weight is 887 g/mol. The SMILES string of the molecule is COCCn1c(C(=O)O)cc2cc(C)cc(N3CC(C)n4c(c(CCCOc5cc(C)c(Cl)c(C)c5)c5ccc(Cl)c(-c6c(C)nn(COCC[Si](C)(C)C)c6C)c54)C3=O)c21. The molecule has 3 aromatic heterocycles. The lowest BCUT2D eigenvalue weighted by atomic mass is 9.98. The van der Waals surface area contributed by atoms with E-state index in [-0.39, 0.29) is 17.6 Å². The molecule has 14 heteroatoms. The zero-order valence-electron chi connectivity index (χ0n) is 37.0. The maximum absolute atomic E-state index is 15.5. The molecule has 7 rings (SSSR count). The van der Waals surface area contributed by atoms with Gasteiger partial charge < -0.3 is 33.4 Å². The minimum atomic E-state index is -1.27. The van der Waals surface area contributed by atoms with Crippen molar-refractivity contribution in [1.29, 1.82) is 0 Å². The summed E-state index contributed by atoms with van der Waals surface area (Å²) in [5.41, 5.74) is 10.2. The average Bonchev–Trinajstić information content (AvgIpc) is 3.82. The Hall–Kier alpha value is -4.59. The first-order chi connectivity index (χ1) is 28.9. The van der Waals surface area contributed by atoms with Crippen LogP contribution in [0.5, 0.6) is 5.75 Å². The molecule has 0 saturated heterocycles. The van der Waals surface area contributed by atoms with Crippen LogP contribution in [0.15, 0.2) is 42.5 Å². The maximum atomic E-state index is 15.5. The first-order valence-corrected chi connectivity index (χ1v) is 25.4. The highest BCUT2D eigenvalue weighted by molar-refractivity contribution is 6.76. The van der Waals surface area contributed by atoms with E-state index in [0.717, 1.165) is 77.9 Å². The molecule has 0 radical (unpaired) electrons. The summed E-state index contributed by atoms with van der Waals surface area (Å²) in [6.07, 6.45) is 1.18. The van der Waals surface area contributed by atoms with E-state index in [2.05, 4.69) is 31.1 Å². The number of carbonyl (C=O) groups is 2. The number of ether oxygens (including phenoxy) is 3. The molecule has 3 aromatic carbocycles. The number of aromatic carboxylic acids is 1. The number of amides is 1. The minimum Gasteiger partial charge on any atom is -0.494 e. The summed E-state index contributed by atoms with van der Waals surface area (Å²) < 4.78 is 23.7. The minimum absolute atomic E-state index is 0.143. The Morgan fingerprint density at radius 3 is 2.34 bits per heavy atom. The lowest BCUT2D eigenvalue weighted by molar-refractivity contribution is 0.0683. The molecule has 1 aliphatic rings. The maximum Gasteiger partial charge on any atom is 0.352 e. The zero-order chi connectivity index (χ0) is 44.1. The van der Waals surface area contributed by atoms with Crippen molar-refractivity contribution in [2.24, 2.45) is 0 Å². The van der Waals surface area contributed by atoms with Crippen molar-refractivity contribution in [2.75, 3.05) is 38.4 Å². The van der Waals surface area contributed by atoms with Gasteiger partial charge in [-0.2, -0.15) is 5.10 Å². The fourth-order valence-electron chi connectivity index (χ4n) is 8.85. The summed E-state index contributed by atoms with van der Waals surface area (Å²) in [6, 6.07) is 14.4. The van der Waals surface area contributed by atoms with Gasteiger partial charge in [-0.15, -0.1) is 0 Å². The van der Waals surface area contributed by atoms with Gasteiger partial charge in [-0.05, 0) is 119 Å². The second kappa shape index (κ2) is 17.6. The standard InChI is InChI=1S/C47H57Cl2N5O6Si/c1-27-20-33-24-39(47(56)57)51(15-17-58-7)43(33)38(21-27)52-25-30(4)54-44-36(35(45(54)46(52)55)12-11-16-60-34-22-28(2)42(49)29(3)23-34)13-14-37(48)41(44)40-31(5)50-53(32(40)6)26-59-18-19-61(8,9)10/h13-14,20-24,30H,11-12,15-19,25-26H2,1-10H3,(H,56,57). The summed E-state index contributed by atoms with van der Waals surface area (Å²) in [5, 5.41) is 18.2. The van der Waals surface area contributed by atoms with Crippen molar-refractivity contribution in [3.63, 3.8) is 0 Å². The number of halogens is 2. The third kappa shape index (κ3) is 8.62. The van der Waals surface area contributed by atoms with E-state index in [4.69, 9.17) is 42.5 Å². The lowest BCUT2D eigenvalue weighted by Gasteiger charge is -2.35. The zero-order valence-corrected chi connectivity index (χ0v) is 39.5. The Labute approximate surface area is 369 Å². The van der Waals surface area contributed by atoms with Crippen LogP contribution in [-0.4, -0.2) is 77.4 Å². The van der Waals surface area contributed by atoms with Crippen molar-refractivity contribution in [3.05, 3.63) is 97.5 Å². The second-order valence-corrected chi connectivity index (χ2v) is 24.1. The molecule has 0 bridgehead atoms. The van der Waals surface area contributed by atoms with E-state index in [1.54, 1.807) is 17.7 Å². The monoisotopic (exact) mass is 885 g/mol. The van der Waals surface area contributed by atoms with Crippen LogP contribution in [0, 0.1) is 34.6 Å². The Kier molecular flexibility index (Phi) is 12.9. The topological polar surface area (TPSA) is 113 Å². The van der Waals surface area contributed by atoms with Crippen LogP contribution in [0.1, 0.15) is 74.0 Å². The number of aryl methyl sites for hydroxylation is 5. The first-order valence-electron chi connectivity index (χ1n) is 21.0. The number of fused-ring (bicyclic) bond motifs is 4. The Bertz CT molecular complexity index is 2650. The quantitative estimate of drug-likeness (QED) is 0.0760. The third-order valence-electron chi connectivity index (χ3n) is 11.8. The number of methoxy groups -OCH3 is 1. The van der Waals surface area contributed by atoms with Crippen LogP contribution in [0.4, 0.5) is 5.69 Å². The van der Waals surface area contributed by atoms with Gasteiger partial charge in [0.15, 0.2) is 0 Å². The van der Waals surface area contributed by atoms with Crippen LogP contribution in [0.2, 0.25) is 35.7 Å². The van der Waals surface area contributed by atoms with Gasteiger partial charge in [0.05, 0.1) is 40.7 Å². The first kappa shape index (κ1) is 44.5. The molecule has 0 fully saturated rings. The Morgan fingerprint density at radius 1 is 0.951 bits per heavy atom. The highest BCUT2D eigenvalue weighted by atomic mass is 35.5. The summed E-state index contributed by atoms with van der Waals surface area (Å²) in [7, 11) is 0.321. The normalized spacial score (nSPS) is 14.5. The molecule has 1 aliphatic heterocycles. The van der Waals surface area contributed by atoms with Crippen molar-refractivity contribution in [3.8, 4) is 16.9 Å². The molecule has 1 N–H and O–H groups in total. The summed E-state index contributed by atoms with van der Waals surface area (Å²) in [5.74, 6) is -0.458. The largest absolute Gasteiger partial charge is 0.494 e.